The molecule has 0 saturated heterocycles. The highest BCUT2D eigenvalue weighted by molar-refractivity contribution is 9.11. The number of hydrogen-bond acceptors (Lipinski definition) is 1. The lowest BCUT2D eigenvalue weighted by molar-refractivity contribution is 1.56. The van der Waals surface area contributed by atoms with Gasteiger partial charge in [-0.25, -0.2) is 4.99 Å². The van der Waals surface area contributed by atoms with Gasteiger partial charge in [0.05, 0.1) is 4.61 Å². The summed E-state index contributed by atoms with van der Waals surface area (Å²) in [5.41, 5.74) is 1.55. The smallest absolute Gasteiger partial charge is 0.0984 e. The zero-order valence-electron chi connectivity index (χ0n) is 7.46. The fraction of sp³-hybridized carbons (Fsp3) is 0. The number of aliphatic imine (C=N–C) groups is 1. The molecule has 0 saturated carbocycles. The average molecular weight is 238 g/mol. The Bertz CT molecular complexity index is 295. The maximum absolute atomic E-state index is 3.93. The molecule has 0 aliphatic heterocycles. The van der Waals surface area contributed by atoms with Crippen LogP contribution in [0.5, 0.6) is 0 Å². The molecule has 0 rings (SSSR count). The Morgan fingerprint density at radius 3 is 2.23 bits per heavy atom. The van der Waals surface area contributed by atoms with Gasteiger partial charge in [-0.2, -0.15) is 0 Å². The fourth-order valence-electron chi connectivity index (χ4n) is 0.522. The summed E-state index contributed by atoms with van der Waals surface area (Å²) >= 11 is 3.11. The van der Waals surface area contributed by atoms with Crippen molar-refractivity contribution in [2.75, 3.05) is 0 Å². The van der Waals surface area contributed by atoms with Crippen molar-refractivity contribution in [3.05, 3.63) is 60.3 Å². The molecule has 0 aromatic heterocycles. The second-order valence-electron chi connectivity index (χ2n) is 2.28. The maximum Gasteiger partial charge on any atom is 0.0984 e. The Kier molecular flexibility index (Phi) is 5.81. The zero-order chi connectivity index (χ0) is 10.3. The van der Waals surface area contributed by atoms with E-state index in [1.54, 1.807) is 18.4 Å². The third kappa shape index (κ3) is 6.05. The monoisotopic (exact) mass is 237 g/mol. The predicted molar refractivity (Wildman–Crippen MR) is 64.2 cm³/mol. The molecule has 0 radical (unpaired) electrons. The topological polar surface area (TPSA) is 12.4 Å². The lowest BCUT2D eigenvalue weighted by Gasteiger charge is -1.96. The summed E-state index contributed by atoms with van der Waals surface area (Å²) in [6.07, 6.45) is 6.90. The zero-order valence-corrected chi connectivity index (χ0v) is 9.05. The highest BCUT2D eigenvalue weighted by Gasteiger charge is 1.90. The molecule has 13 heavy (non-hydrogen) atoms. The van der Waals surface area contributed by atoms with E-state index in [4.69, 9.17) is 0 Å². The van der Waals surface area contributed by atoms with Crippen LogP contribution in [0.4, 0.5) is 0 Å². The minimum absolute atomic E-state index is 0.564. The molecular formula is C11H12BrN. The minimum Gasteiger partial charge on any atom is -0.249 e. The van der Waals surface area contributed by atoms with Crippen LogP contribution >= 0.6 is 15.9 Å². The Hall–Kier alpha value is -1.15. The number of hydrogen-bond donors (Lipinski definition) is 0. The normalized spacial score (nSPS) is 10.5. The first kappa shape index (κ1) is 11.8. The van der Waals surface area contributed by atoms with Gasteiger partial charge in [-0.05, 0) is 27.1 Å². The van der Waals surface area contributed by atoms with Gasteiger partial charge in [0.25, 0.3) is 0 Å². The fourth-order valence-corrected chi connectivity index (χ4v) is 0.624. The van der Waals surface area contributed by atoms with Gasteiger partial charge < -0.3 is 0 Å². The van der Waals surface area contributed by atoms with Crippen molar-refractivity contribution in [1.29, 1.82) is 0 Å². The van der Waals surface area contributed by atoms with Crippen LogP contribution in [0.25, 0.3) is 0 Å². The molecule has 0 spiro atoms. The van der Waals surface area contributed by atoms with Crippen LogP contribution in [0, 0.1) is 0 Å². The highest BCUT2D eigenvalue weighted by atomic mass is 79.9. The van der Waals surface area contributed by atoms with E-state index < -0.39 is 0 Å². The molecule has 0 aliphatic rings. The number of halogens is 1. The quantitative estimate of drug-likeness (QED) is 0.392. The van der Waals surface area contributed by atoms with Crippen LogP contribution in [0.2, 0.25) is 0 Å². The molecule has 0 aliphatic carbocycles. The number of nitrogens with zero attached hydrogens (tertiary/aromatic N) is 1. The van der Waals surface area contributed by atoms with Crippen molar-refractivity contribution in [3.63, 3.8) is 0 Å². The minimum atomic E-state index is 0.564. The van der Waals surface area contributed by atoms with Crippen LogP contribution in [-0.2, 0) is 0 Å². The molecule has 0 amide bonds. The van der Waals surface area contributed by atoms with Gasteiger partial charge in [0.2, 0.25) is 0 Å². The highest BCUT2D eigenvalue weighted by Crippen LogP contribution is 2.07. The lowest BCUT2D eigenvalue weighted by atomic mass is 10.1. The summed E-state index contributed by atoms with van der Waals surface area (Å²) in [5, 5.41) is 0. The predicted octanol–water partition coefficient (Wildman–Crippen LogP) is 3.78. The molecule has 0 heterocycles. The van der Waals surface area contributed by atoms with Gasteiger partial charge >= 0.3 is 0 Å². The van der Waals surface area contributed by atoms with Gasteiger partial charge in [0, 0.05) is 6.21 Å². The van der Waals surface area contributed by atoms with E-state index in [-0.39, 0.29) is 0 Å². The molecule has 0 fully saturated rings. The first-order valence-electron chi connectivity index (χ1n) is 3.63. The third-order valence-corrected chi connectivity index (χ3v) is 1.41. The van der Waals surface area contributed by atoms with Crippen LogP contribution in [0.1, 0.15) is 0 Å². The summed E-state index contributed by atoms with van der Waals surface area (Å²) in [4.78, 5) is 3.93. The van der Waals surface area contributed by atoms with Crippen LogP contribution < -0.4 is 0 Å². The van der Waals surface area contributed by atoms with E-state index in [9.17, 15) is 0 Å². The lowest BCUT2D eigenvalue weighted by Crippen LogP contribution is -1.84. The van der Waals surface area contributed by atoms with E-state index in [1.807, 2.05) is 6.08 Å². The molecule has 0 unspecified atom stereocenters. The Morgan fingerprint density at radius 2 is 1.77 bits per heavy atom. The van der Waals surface area contributed by atoms with Gasteiger partial charge in [-0.3, -0.25) is 0 Å². The van der Waals surface area contributed by atoms with Crippen molar-refractivity contribution < 1.29 is 0 Å². The molecule has 0 bridgehead atoms. The van der Waals surface area contributed by atoms with Crippen molar-refractivity contribution >= 4 is 22.1 Å². The Balaban J connectivity index is 4.28. The van der Waals surface area contributed by atoms with Gasteiger partial charge in [-0.15, -0.1) is 0 Å². The molecule has 0 aromatic rings. The van der Waals surface area contributed by atoms with Gasteiger partial charge in [0.15, 0.2) is 0 Å². The SMILES string of the molecule is C=C/C=C\C(=C)C(=C)/C=N\C(=C)Br. The standard InChI is InChI=1S/C11H12BrN/c1-5-6-7-9(2)10(3)8-13-11(4)12/h5-8H,1-4H2/b7-6-,13-8-. The second kappa shape index (κ2) is 6.38. The molecule has 68 valence electrons. The van der Waals surface area contributed by atoms with E-state index in [0.29, 0.717) is 4.61 Å². The van der Waals surface area contributed by atoms with Crippen molar-refractivity contribution in [2.45, 2.75) is 0 Å². The average Bonchev–Trinajstić information content (AvgIpc) is 2.10. The van der Waals surface area contributed by atoms with Crippen molar-refractivity contribution in [3.8, 4) is 0 Å². The molecule has 0 atom stereocenters. The molecule has 0 N–H and O–H groups in total. The largest absolute Gasteiger partial charge is 0.249 e. The first-order chi connectivity index (χ1) is 6.07. The van der Waals surface area contributed by atoms with Gasteiger partial charge in [0.1, 0.15) is 0 Å². The summed E-state index contributed by atoms with van der Waals surface area (Å²) in [6.45, 7) is 14.7. The third-order valence-electron chi connectivity index (χ3n) is 1.21. The van der Waals surface area contributed by atoms with E-state index in [2.05, 4.69) is 47.2 Å². The van der Waals surface area contributed by atoms with E-state index in [1.165, 1.54) is 0 Å². The van der Waals surface area contributed by atoms with Crippen molar-refractivity contribution in [2.24, 2.45) is 4.99 Å². The molecule has 0 aromatic carbocycles. The summed E-state index contributed by atoms with van der Waals surface area (Å²) in [5.74, 6) is 0. The summed E-state index contributed by atoms with van der Waals surface area (Å²) in [7, 11) is 0. The van der Waals surface area contributed by atoms with Crippen molar-refractivity contribution in [1.82, 2.24) is 0 Å². The summed E-state index contributed by atoms with van der Waals surface area (Å²) < 4.78 is 0.564. The van der Waals surface area contributed by atoms with Crippen LogP contribution in [-0.4, -0.2) is 6.21 Å². The molecule has 1 nitrogen and oxygen atoms in total. The maximum atomic E-state index is 3.93. The van der Waals surface area contributed by atoms with E-state index in [0.717, 1.165) is 11.1 Å². The number of allylic oxidation sites excluding steroid dienone is 5. The molecular weight excluding hydrogens is 226 g/mol. The Morgan fingerprint density at radius 1 is 1.15 bits per heavy atom. The van der Waals surface area contributed by atoms with Crippen LogP contribution in [0.3, 0.4) is 0 Å². The first-order valence-corrected chi connectivity index (χ1v) is 4.43. The van der Waals surface area contributed by atoms with Gasteiger partial charge in [-0.1, -0.05) is 44.5 Å². The van der Waals surface area contributed by atoms with Crippen LogP contribution in [0.15, 0.2) is 65.3 Å². The second-order valence-corrected chi connectivity index (χ2v) is 3.20. The van der Waals surface area contributed by atoms with E-state index >= 15 is 0 Å². The summed E-state index contributed by atoms with van der Waals surface area (Å²) in [6, 6.07) is 0. The Labute approximate surface area is 87.7 Å². The number of rotatable bonds is 5. The molecule has 2 heteroatoms.